The van der Waals surface area contributed by atoms with Crippen LogP contribution in [0.25, 0.3) is 0 Å². The Labute approximate surface area is 220 Å². The second-order valence-electron chi connectivity index (χ2n) is 9.03. The molecule has 0 aliphatic carbocycles. The monoisotopic (exact) mass is 524 g/mol. The van der Waals surface area contributed by atoms with Crippen molar-refractivity contribution in [2.24, 2.45) is 0 Å². The van der Waals surface area contributed by atoms with Gasteiger partial charge in [0.1, 0.15) is 5.82 Å². The van der Waals surface area contributed by atoms with E-state index in [1.807, 2.05) is 4.90 Å². The Kier molecular flexibility index (Phi) is 9.02. The molecule has 1 saturated heterocycles. The largest absolute Gasteiger partial charge is 0.383 e. The number of hydrogen-bond donors (Lipinski definition) is 0. The van der Waals surface area contributed by atoms with Gasteiger partial charge in [-0.2, -0.15) is 4.37 Å². The number of anilines is 2. The lowest BCUT2D eigenvalue weighted by Gasteiger charge is -2.36. The highest BCUT2D eigenvalue weighted by molar-refractivity contribution is 7.09. The quantitative estimate of drug-likeness (QED) is 0.277. The van der Waals surface area contributed by atoms with Gasteiger partial charge in [0.25, 0.3) is 5.69 Å². The molecule has 0 N–H and O–H groups in total. The molecule has 1 aromatic heterocycles. The normalized spacial score (nSPS) is 13.6. The summed E-state index contributed by atoms with van der Waals surface area (Å²) in [5, 5.41) is 11.7. The van der Waals surface area contributed by atoms with Crippen LogP contribution in [0.4, 0.5) is 16.5 Å². The number of nitro groups is 1. The number of ether oxygens (including phenoxy) is 1. The molecule has 0 bridgehead atoms. The first-order chi connectivity index (χ1) is 17.9. The number of methoxy groups -OCH3 is 1. The summed E-state index contributed by atoms with van der Waals surface area (Å²) < 4.78 is 9.82. The Bertz CT molecular complexity index is 1180. The lowest BCUT2D eigenvalue weighted by Crippen LogP contribution is -2.49. The van der Waals surface area contributed by atoms with E-state index in [0.717, 1.165) is 16.6 Å². The van der Waals surface area contributed by atoms with Crippen molar-refractivity contribution >= 4 is 33.9 Å². The van der Waals surface area contributed by atoms with Gasteiger partial charge in [0.15, 0.2) is 0 Å². The molecule has 1 aliphatic rings. The second kappa shape index (κ2) is 12.6. The molecule has 2 aromatic carbocycles. The SMILES string of the molecule is COCCN(CCC(=O)N1CCN(c2ccc([N+](=O)[O-])cc2)CC1)c1nc(Cc2ccc(C)cc2)ns1. The molecule has 2 heterocycles. The number of amides is 1. The number of aromatic nitrogens is 2. The van der Waals surface area contributed by atoms with Gasteiger partial charge in [-0.1, -0.05) is 29.8 Å². The highest BCUT2D eigenvalue weighted by Gasteiger charge is 2.23. The maximum Gasteiger partial charge on any atom is 0.269 e. The van der Waals surface area contributed by atoms with Crippen molar-refractivity contribution in [3.05, 3.63) is 75.6 Å². The maximum atomic E-state index is 13.0. The highest BCUT2D eigenvalue weighted by Crippen LogP contribution is 2.22. The van der Waals surface area contributed by atoms with Gasteiger partial charge in [0.2, 0.25) is 11.0 Å². The van der Waals surface area contributed by atoms with E-state index in [9.17, 15) is 14.9 Å². The Morgan fingerprint density at radius 2 is 1.78 bits per heavy atom. The summed E-state index contributed by atoms with van der Waals surface area (Å²) in [5.41, 5.74) is 3.40. The molecule has 1 fully saturated rings. The first kappa shape index (κ1) is 26.5. The molecular formula is C26H32N6O4S. The number of nitrogens with zero attached hydrogens (tertiary/aromatic N) is 6. The van der Waals surface area contributed by atoms with Crippen LogP contribution in [0.2, 0.25) is 0 Å². The smallest absolute Gasteiger partial charge is 0.269 e. The van der Waals surface area contributed by atoms with Gasteiger partial charge in [-0.15, -0.1) is 0 Å². The van der Waals surface area contributed by atoms with E-state index in [1.54, 1.807) is 19.2 Å². The van der Waals surface area contributed by atoms with E-state index in [1.165, 1.54) is 34.8 Å². The molecule has 0 radical (unpaired) electrons. The maximum absolute atomic E-state index is 13.0. The number of carbonyl (C=O) groups is 1. The third-order valence-corrected chi connectivity index (χ3v) is 7.24. The van der Waals surface area contributed by atoms with Gasteiger partial charge in [0, 0.05) is 88.6 Å². The lowest BCUT2D eigenvalue weighted by molar-refractivity contribution is -0.384. The topological polar surface area (TPSA) is 105 Å². The van der Waals surface area contributed by atoms with Crippen molar-refractivity contribution in [1.82, 2.24) is 14.3 Å². The van der Waals surface area contributed by atoms with E-state index < -0.39 is 4.92 Å². The molecule has 0 spiro atoms. The van der Waals surface area contributed by atoms with Crippen LogP contribution >= 0.6 is 11.5 Å². The summed E-state index contributed by atoms with van der Waals surface area (Å²) in [6.45, 7) is 6.40. The van der Waals surface area contributed by atoms with Crippen LogP contribution in [0, 0.1) is 17.0 Å². The average Bonchev–Trinajstić information content (AvgIpc) is 3.38. The fraction of sp³-hybridized carbons (Fsp3) is 0.423. The number of rotatable bonds is 11. The third kappa shape index (κ3) is 7.23. The summed E-state index contributed by atoms with van der Waals surface area (Å²) in [7, 11) is 1.66. The molecular weight excluding hydrogens is 492 g/mol. The van der Waals surface area contributed by atoms with Gasteiger partial charge in [-0.3, -0.25) is 14.9 Å². The van der Waals surface area contributed by atoms with E-state index in [0.29, 0.717) is 58.7 Å². The summed E-state index contributed by atoms with van der Waals surface area (Å²) in [6, 6.07) is 14.9. The van der Waals surface area contributed by atoms with E-state index in [4.69, 9.17) is 9.72 Å². The van der Waals surface area contributed by atoms with Crippen LogP contribution < -0.4 is 9.80 Å². The average molecular weight is 525 g/mol. The summed E-state index contributed by atoms with van der Waals surface area (Å²) in [5.74, 6) is 0.884. The van der Waals surface area contributed by atoms with Crippen molar-refractivity contribution in [3.8, 4) is 0 Å². The van der Waals surface area contributed by atoms with E-state index in [-0.39, 0.29) is 11.6 Å². The molecule has 1 amide bonds. The molecule has 37 heavy (non-hydrogen) atoms. The van der Waals surface area contributed by atoms with Crippen molar-refractivity contribution in [2.45, 2.75) is 19.8 Å². The number of nitro benzene ring substituents is 1. The van der Waals surface area contributed by atoms with Crippen LogP contribution in [0.5, 0.6) is 0 Å². The minimum absolute atomic E-state index is 0.0771. The minimum Gasteiger partial charge on any atom is -0.383 e. The molecule has 0 saturated carbocycles. The van der Waals surface area contributed by atoms with Crippen LogP contribution in [-0.4, -0.2) is 78.1 Å². The standard InChI is InChI=1S/C26H32N6O4S/c1-20-3-5-21(6-4-20)19-24-27-26(37-28-24)31(17-18-36-2)12-11-25(33)30-15-13-29(14-16-30)22-7-9-23(10-8-22)32(34)35/h3-10H,11-19H2,1-2H3. The van der Waals surface area contributed by atoms with Gasteiger partial charge in [0.05, 0.1) is 11.5 Å². The van der Waals surface area contributed by atoms with Crippen LogP contribution in [-0.2, 0) is 16.0 Å². The molecule has 196 valence electrons. The summed E-state index contributed by atoms with van der Waals surface area (Å²) in [4.78, 5) is 34.3. The van der Waals surface area contributed by atoms with E-state index >= 15 is 0 Å². The molecule has 1 aliphatic heterocycles. The predicted molar refractivity (Wildman–Crippen MR) is 144 cm³/mol. The fourth-order valence-electron chi connectivity index (χ4n) is 4.23. The lowest BCUT2D eigenvalue weighted by atomic mass is 10.1. The third-order valence-electron chi connectivity index (χ3n) is 6.43. The Hall–Kier alpha value is -3.57. The van der Waals surface area contributed by atoms with Gasteiger partial charge in [-0.25, -0.2) is 4.98 Å². The number of piperazine rings is 1. The van der Waals surface area contributed by atoms with Crippen molar-refractivity contribution in [3.63, 3.8) is 0 Å². The Morgan fingerprint density at radius 3 is 2.43 bits per heavy atom. The van der Waals surface area contributed by atoms with Crippen molar-refractivity contribution in [2.75, 3.05) is 62.8 Å². The van der Waals surface area contributed by atoms with Gasteiger partial charge < -0.3 is 19.4 Å². The van der Waals surface area contributed by atoms with Crippen LogP contribution in [0.3, 0.4) is 0 Å². The van der Waals surface area contributed by atoms with Gasteiger partial charge in [-0.05, 0) is 24.6 Å². The molecule has 11 heteroatoms. The number of aryl methyl sites for hydroxylation is 1. The summed E-state index contributed by atoms with van der Waals surface area (Å²) >= 11 is 1.35. The first-order valence-electron chi connectivity index (χ1n) is 12.3. The number of carbonyl (C=O) groups excluding carboxylic acids is 1. The minimum atomic E-state index is -0.400. The molecule has 0 unspecified atom stereocenters. The van der Waals surface area contributed by atoms with Crippen molar-refractivity contribution < 1.29 is 14.5 Å². The van der Waals surface area contributed by atoms with Gasteiger partial charge >= 0.3 is 0 Å². The zero-order valence-corrected chi connectivity index (χ0v) is 22.0. The Morgan fingerprint density at radius 1 is 1.08 bits per heavy atom. The molecule has 0 atom stereocenters. The highest BCUT2D eigenvalue weighted by atomic mass is 32.1. The number of hydrogen-bond acceptors (Lipinski definition) is 9. The first-order valence-corrected chi connectivity index (χ1v) is 13.1. The zero-order valence-electron chi connectivity index (χ0n) is 21.2. The number of non-ortho nitro benzene ring substituents is 1. The van der Waals surface area contributed by atoms with Crippen molar-refractivity contribution in [1.29, 1.82) is 0 Å². The summed E-state index contributed by atoms with van der Waals surface area (Å²) in [6.07, 6.45) is 1.06. The van der Waals surface area contributed by atoms with E-state index in [2.05, 4.69) is 45.4 Å². The van der Waals surface area contributed by atoms with Crippen LogP contribution in [0.1, 0.15) is 23.4 Å². The van der Waals surface area contributed by atoms with Crippen LogP contribution in [0.15, 0.2) is 48.5 Å². The number of benzene rings is 2. The second-order valence-corrected chi connectivity index (χ2v) is 9.76. The predicted octanol–water partition coefficient (Wildman–Crippen LogP) is 3.54. The Balaban J connectivity index is 1.29. The fourth-order valence-corrected chi connectivity index (χ4v) is 4.96. The molecule has 4 rings (SSSR count). The molecule has 10 nitrogen and oxygen atoms in total. The molecule has 3 aromatic rings. The zero-order chi connectivity index (χ0) is 26.2.